The van der Waals surface area contributed by atoms with Gasteiger partial charge in [-0.1, -0.05) is 24.3 Å². The number of benzene rings is 2. The Kier molecular flexibility index (Phi) is 6.21. The predicted molar refractivity (Wildman–Crippen MR) is 112 cm³/mol. The molecule has 0 radical (unpaired) electrons. The van der Waals surface area contributed by atoms with E-state index in [1.54, 1.807) is 20.1 Å². The van der Waals surface area contributed by atoms with E-state index < -0.39 is 0 Å². The molecule has 2 N–H and O–H groups in total. The molecule has 3 aromatic rings. The molecule has 0 saturated heterocycles. The molecule has 0 saturated carbocycles. The third-order valence-corrected chi connectivity index (χ3v) is 5.29. The molecule has 0 atom stereocenters. The number of carbonyl (C=O) groups excluding carboxylic acids is 1. The number of hydrogen-bond donors (Lipinski definition) is 2. The summed E-state index contributed by atoms with van der Waals surface area (Å²) in [5.74, 6) is 0.618. The smallest absolute Gasteiger partial charge is 0.341 e. The summed E-state index contributed by atoms with van der Waals surface area (Å²) in [6, 6.07) is 13.1. The Bertz CT molecular complexity index is 963. The van der Waals surface area contributed by atoms with Crippen molar-refractivity contribution in [1.82, 2.24) is 0 Å². The molecule has 6 heteroatoms. The first-order valence-corrected chi connectivity index (χ1v) is 9.86. The van der Waals surface area contributed by atoms with E-state index >= 15 is 0 Å². The minimum Gasteiger partial charge on any atom is -0.508 e. The molecule has 1 heterocycles. The number of rotatable bonds is 7. The highest BCUT2D eigenvalue weighted by molar-refractivity contribution is 7.15. The number of aromatic hydroxyl groups is 1. The lowest BCUT2D eigenvalue weighted by Gasteiger charge is -2.11. The number of methoxy groups -OCH3 is 1. The first-order valence-electron chi connectivity index (χ1n) is 8.99. The van der Waals surface area contributed by atoms with Gasteiger partial charge in [0, 0.05) is 23.1 Å². The van der Waals surface area contributed by atoms with Crippen molar-refractivity contribution in [2.24, 2.45) is 0 Å². The van der Waals surface area contributed by atoms with Gasteiger partial charge in [0.1, 0.15) is 22.1 Å². The number of anilines is 1. The van der Waals surface area contributed by atoms with Crippen LogP contribution in [0, 0.1) is 6.92 Å². The van der Waals surface area contributed by atoms with Crippen LogP contribution in [0.5, 0.6) is 11.5 Å². The first kappa shape index (κ1) is 19.8. The van der Waals surface area contributed by atoms with E-state index in [4.69, 9.17) is 9.47 Å². The average molecular weight is 397 g/mol. The van der Waals surface area contributed by atoms with Crippen molar-refractivity contribution < 1.29 is 19.4 Å². The molecule has 1 aromatic heterocycles. The van der Waals surface area contributed by atoms with Gasteiger partial charge in [0.25, 0.3) is 0 Å². The number of ether oxygens (including phenoxy) is 2. The second kappa shape index (κ2) is 8.80. The van der Waals surface area contributed by atoms with E-state index in [2.05, 4.69) is 5.32 Å². The number of esters is 1. The molecule has 0 amide bonds. The highest BCUT2D eigenvalue weighted by atomic mass is 32.1. The summed E-state index contributed by atoms with van der Waals surface area (Å²) in [7, 11) is 1.62. The fraction of sp³-hybridized carbons (Fsp3) is 0.227. The maximum atomic E-state index is 12.6. The normalized spacial score (nSPS) is 10.5. The lowest BCUT2D eigenvalue weighted by Crippen LogP contribution is -2.09. The number of phenols is 1. The van der Waals surface area contributed by atoms with Gasteiger partial charge in [-0.3, -0.25) is 0 Å². The van der Waals surface area contributed by atoms with Gasteiger partial charge in [-0.25, -0.2) is 4.79 Å². The topological polar surface area (TPSA) is 67.8 Å². The van der Waals surface area contributed by atoms with Crippen LogP contribution in [0.3, 0.4) is 0 Å². The molecule has 146 valence electrons. The first-order chi connectivity index (χ1) is 13.5. The molecule has 0 aliphatic carbocycles. The van der Waals surface area contributed by atoms with Crippen molar-refractivity contribution in [2.75, 3.05) is 19.0 Å². The predicted octanol–water partition coefficient (Wildman–Crippen LogP) is 5.23. The van der Waals surface area contributed by atoms with Gasteiger partial charge >= 0.3 is 5.97 Å². The molecule has 0 fully saturated rings. The minimum absolute atomic E-state index is 0.233. The molecule has 28 heavy (non-hydrogen) atoms. The molecule has 3 rings (SSSR count). The van der Waals surface area contributed by atoms with Gasteiger partial charge < -0.3 is 19.9 Å². The van der Waals surface area contributed by atoms with Crippen molar-refractivity contribution in [3.05, 3.63) is 64.5 Å². The molecular formula is C22H23NO4S. The van der Waals surface area contributed by atoms with Crippen molar-refractivity contribution in [3.63, 3.8) is 0 Å². The number of carbonyl (C=O) groups is 1. The third kappa shape index (κ3) is 4.28. The zero-order chi connectivity index (χ0) is 20.1. The van der Waals surface area contributed by atoms with Gasteiger partial charge in [0.05, 0.1) is 13.7 Å². The van der Waals surface area contributed by atoms with Gasteiger partial charge in [-0.2, -0.15) is 0 Å². The second-order valence-corrected chi connectivity index (χ2v) is 7.17. The summed E-state index contributed by atoms with van der Waals surface area (Å²) in [4.78, 5) is 12.6. The SMILES string of the molecule is CCOC(=O)c1c(-c2ccc(OC)cc2)csc1NCc1ccc(C)cc1O. The van der Waals surface area contributed by atoms with Crippen molar-refractivity contribution >= 4 is 22.3 Å². The minimum atomic E-state index is -0.370. The van der Waals surface area contributed by atoms with Crippen molar-refractivity contribution in [1.29, 1.82) is 0 Å². The van der Waals surface area contributed by atoms with Gasteiger partial charge in [-0.05, 0) is 43.2 Å². The van der Waals surface area contributed by atoms with E-state index in [0.29, 0.717) is 23.7 Å². The molecule has 0 spiro atoms. The van der Waals surface area contributed by atoms with Gasteiger partial charge in [0.15, 0.2) is 0 Å². The fourth-order valence-corrected chi connectivity index (χ4v) is 3.83. The highest BCUT2D eigenvalue weighted by Crippen LogP contribution is 2.37. The van der Waals surface area contributed by atoms with Crippen LogP contribution in [-0.2, 0) is 11.3 Å². The van der Waals surface area contributed by atoms with Gasteiger partial charge in [-0.15, -0.1) is 11.3 Å². The molecule has 5 nitrogen and oxygen atoms in total. The lowest BCUT2D eigenvalue weighted by atomic mass is 10.0. The Labute approximate surface area is 168 Å². The van der Waals surface area contributed by atoms with Crippen LogP contribution < -0.4 is 10.1 Å². The average Bonchev–Trinajstić information content (AvgIpc) is 3.11. The van der Waals surface area contributed by atoms with Crippen LogP contribution in [-0.4, -0.2) is 24.8 Å². The summed E-state index contributed by atoms with van der Waals surface area (Å²) in [6.45, 7) is 4.42. The monoisotopic (exact) mass is 397 g/mol. The molecular weight excluding hydrogens is 374 g/mol. The fourth-order valence-electron chi connectivity index (χ4n) is 2.88. The van der Waals surface area contributed by atoms with Crippen molar-refractivity contribution in [3.8, 4) is 22.6 Å². The number of hydrogen-bond acceptors (Lipinski definition) is 6. The van der Waals surface area contributed by atoms with Crippen LogP contribution in [0.2, 0.25) is 0 Å². The Morgan fingerprint density at radius 2 is 1.93 bits per heavy atom. The summed E-state index contributed by atoms with van der Waals surface area (Å²) in [6.07, 6.45) is 0. The molecule has 2 aromatic carbocycles. The molecule has 0 unspecified atom stereocenters. The quantitative estimate of drug-likeness (QED) is 0.535. The van der Waals surface area contributed by atoms with Crippen LogP contribution in [0.4, 0.5) is 5.00 Å². The highest BCUT2D eigenvalue weighted by Gasteiger charge is 2.21. The maximum absolute atomic E-state index is 12.6. The van der Waals surface area contributed by atoms with E-state index in [1.165, 1.54) is 11.3 Å². The number of nitrogens with one attached hydrogen (secondary N) is 1. The van der Waals surface area contributed by atoms with E-state index in [9.17, 15) is 9.90 Å². The van der Waals surface area contributed by atoms with Crippen molar-refractivity contribution in [2.45, 2.75) is 20.4 Å². The molecule has 0 aliphatic rings. The van der Waals surface area contributed by atoms with Crippen LogP contribution >= 0.6 is 11.3 Å². The Balaban J connectivity index is 1.91. The molecule has 0 aliphatic heterocycles. The van der Waals surface area contributed by atoms with E-state index in [0.717, 1.165) is 28.0 Å². The zero-order valence-electron chi connectivity index (χ0n) is 16.1. The zero-order valence-corrected chi connectivity index (χ0v) is 16.9. The number of aryl methyl sites for hydroxylation is 1. The number of phenolic OH excluding ortho intramolecular Hbond substituents is 1. The van der Waals surface area contributed by atoms with Crippen LogP contribution in [0.15, 0.2) is 47.8 Å². The lowest BCUT2D eigenvalue weighted by molar-refractivity contribution is 0.0529. The molecule has 0 bridgehead atoms. The van der Waals surface area contributed by atoms with Gasteiger partial charge in [0.2, 0.25) is 0 Å². The van der Waals surface area contributed by atoms with E-state index in [-0.39, 0.29) is 11.7 Å². The third-order valence-electron chi connectivity index (χ3n) is 4.35. The summed E-state index contributed by atoms with van der Waals surface area (Å²) in [5.41, 5.74) is 3.97. The Hall–Kier alpha value is -2.99. The van der Waals surface area contributed by atoms with E-state index in [1.807, 2.05) is 48.7 Å². The summed E-state index contributed by atoms with van der Waals surface area (Å²) >= 11 is 1.44. The number of thiophene rings is 1. The van der Waals surface area contributed by atoms with Crippen LogP contribution in [0.1, 0.15) is 28.4 Å². The summed E-state index contributed by atoms with van der Waals surface area (Å²) in [5, 5.41) is 16.0. The second-order valence-electron chi connectivity index (χ2n) is 6.29. The van der Waals surface area contributed by atoms with Crippen LogP contribution in [0.25, 0.3) is 11.1 Å². The standard InChI is InChI=1S/C22H23NO4S/c1-4-27-22(25)20-18(15-7-9-17(26-3)10-8-15)13-28-21(20)23-12-16-6-5-14(2)11-19(16)24/h5-11,13,23-24H,4,12H2,1-3H3. The Morgan fingerprint density at radius 3 is 2.57 bits per heavy atom. The summed E-state index contributed by atoms with van der Waals surface area (Å²) < 4.78 is 10.5. The maximum Gasteiger partial charge on any atom is 0.341 e. The largest absolute Gasteiger partial charge is 0.508 e. The Morgan fingerprint density at radius 1 is 1.18 bits per heavy atom.